The maximum absolute atomic E-state index is 11.6. The Morgan fingerprint density at radius 1 is 1.00 bits per heavy atom. The third-order valence-electron chi connectivity index (χ3n) is 2.87. The van der Waals surface area contributed by atoms with Crippen LogP contribution in [0.4, 0.5) is 0 Å². The fourth-order valence-electron chi connectivity index (χ4n) is 1.25. The highest BCUT2D eigenvalue weighted by Gasteiger charge is 2.31. The van der Waals surface area contributed by atoms with Crippen molar-refractivity contribution in [3.8, 4) is 0 Å². The molecule has 0 aliphatic carbocycles. The van der Waals surface area contributed by atoms with Crippen LogP contribution in [0.5, 0.6) is 0 Å². The molecule has 0 spiro atoms. The maximum Gasteiger partial charge on any atom is 0.336 e. The highest BCUT2D eigenvalue weighted by molar-refractivity contribution is 6.65. The number of carbonyl (C=O) groups is 2. The molecule has 0 bridgehead atoms. The van der Waals surface area contributed by atoms with Crippen molar-refractivity contribution < 1.29 is 27.9 Å². The number of hydrogen-bond donors (Lipinski definition) is 0. The first kappa shape index (κ1) is 19.6. The first-order valence-corrected chi connectivity index (χ1v) is 9.01. The van der Waals surface area contributed by atoms with Gasteiger partial charge in [-0.2, -0.15) is 0 Å². The summed E-state index contributed by atoms with van der Waals surface area (Å²) >= 11 is 0. The second-order valence-corrected chi connectivity index (χ2v) is 8.47. The molecule has 0 aliphatic heterocycles. The molecule has 0 atom stereocenters. The lowest BCUT2D eigenvalue weighted by Gasteiger charge is -2.25. The van der Waals surface area contributed by atoms with Crippen LogP contribution in [0, 0.1) is 0 Å². The largest absolute Gasteiger partial charge is 0.422 e. The van der Waals surface area contributed by atoms with Gasteiger partial charge in [0.15, 0.2) is 0 Å². The van der Waals surface area contributed by atoms with E-state index >= 15 is 0 Å². The van der Waals surface area contributed by atoms with E-state index in [0.29, 0.717) is 6.04 Å². The SMILES string of the molecule is C=C(C)C(=O)OC(CC[Si](C)(OC)OC)OC(=O)C(=C)C. The second-order valence-electron chi connectivity index (χ2n) is 4.88. The summed E-state index contributed by atoms with van der Waals surface area (Å²) in [6, 6.07) is 0.498. The summed E-state index contributed by atoms with van der Waals surface area (Å²) < 4.78 is 20.9. The Hall–Kier alpha value is -1.44. The van der Waals surface area contributed by atoms with Crippen molar-refractivity contribution >= 4 is 20.5 Å². The quantitative estimate of drug-likeness (QED) is 0.281. The normalized spacial score (nSPS) is 11.1. The Morgan fingerprint density at radius 3 is 1.67 bits per heavy atom. The predicted molar refractivity (Wildman–Crippen MR) is 80.7 cm³/mol. The first-order valence-electron chi connectivity index (χ1n) is 6.48. The van der Waals surface area contributed by atoms with Crippen molar-refractivity contribution in [2.75, 3.05) is 14.2 Å². The lowest BCUT2D eigenvalue weighted by Crippen LogP contribution is -2.38. The maximum atomic E-state index is 11.6. The minimum Gasteiger partial charge on any atom is -0.422 e. The highest BCUT2D eigenvalue weighted by atomic mass is 28.4. The van der Waals surface area contributed by atoms with Crippen molar-refractivity contribution in [1.82, 2.24) is 0 Å². The molecular weight excluding hydrogens is 292 g/mol. The molecule has 0 aromatic carbocycles. The van der Waals surface area contributed by atoms with Crippen LogP contribution in [0.15, 0.2) is 24.3 Å². The molecule has 0 aromatic rings. The molecule has 0 N–H and O–H groups in total. The third-order valence-corrected chi connectivity index (χ3v) is 5.80. The van der Waals surface area contributed by atoms with Gasteiger partial charge in [0, 0.05) is 31.8 Å². The monoisotopic (exact) mass is 316 g/mol. The van der Waals surface area contributed by atoms with Crippen LogP contribution >= 0.6 is 0 Å². The van der Waals surface area contributed by atoms with Gasteiger partial charge in [0.05, 0.1) is 0 Å². The molecule has 0 fully saturated rings. The molecule has 7 heteroatoms. The van der Waals surface area contributed by atoms with Crippen LogP contribution in [-0.2, 0) is 27.9 Å². The van der Waals surface area contributed by atoms with E-state index in [0.717, 1.165) is 0 Å². The molecule has 0 aromatic heterocycles. The fourth-order valence-corrected chi connectivity index (χ4v) is 2.58. The van der Waals surface area contributed by atoms with Crippen molar-refractivity contribution in [2.45, 2.75) is 39.1 Å². The zero-order chi connectivity index (χ0) is 16.6. The van der Waals surface area contributed by atoms with E-state index in [1.165, 1.54) is 13.8 Å². The fraction of sp³-hybridized carbons (Fsp3) is 0.571. The van der Waals surface area contributed by atoms with Gasteiger partial charge in [0.2, 0.25) is 6.29 Å². The van der Waals surface area contributed by atoms with Gasteiger partial charge in [-0.15, -0.1) is 0 Å². The smallest absolute Gasteiger partial charge is 0.336 e. The van der Waals surface area contributed by atoms with Gasteiger partial charge >= 0.3 is 20.5 Å². The van der Waals surface area contributed by atoms with Gasteiger partial charge in [-0.1, -0.05) is 13.2 Å². The average molecular weight is 316 g/mol. The van der Waals surface area contributed by atoms with Crippen molar-refractivity contribution in [3.63, 3.8) is 0 Å². The number of hydrogen-bond acceptors (Lipinski definition) is 6. The number of esters is 2. The van der Waals surface area contributed by atoms with Gasteiger partial charge < -0.3 is 18.3 Å². The van der Waals surface area contributed by atoms with Crippen LogP contribution < -0.4 is 0 Å². The van der Waals surface area contributed by atoms with E-state index < -0.39 is 26.8 Å². The van der Waals surface area contributed by atoms with E-state index in [4.69, 9.17) is 18.3 Å². The minimum absolute atomic E-state index is 0.227. The summed E-state index contributed by atoms with van der Waals surface area (Å²) in [7, 11) is 0.776. The highest BCUT2D eigenvalue weighted by Crippen LogP contribution is 2.18. The van der Waals surface area contributed by atoms with Crippen LogP contribution in [0.25, 0.3) is 0 Å². The lowest BCUT2D eigenvalue weighted by molar-refractivity contribution is -0.182. The molecular formula is C14H24O6Si. The first-order chi connectivity index (χ1) is 9.65. The Morgan fingerprint density at radius 2 is 1.38 bits per heavy atom. The molecule has 6 nitrogen and oxygen atoms in total. The van der Waals surface area contributed by atoms with E-state index in [1.54, 1.807) is 14.2 Å². The van der Waals surface area contributed by atoms with E-state index in [-0.39, 0.29) is 17.6 Å². The molecule has 0 saturated heterocycles. The minimum atomic E-state index is -2.34. The molecule has 0 saturated carbocycles. The average Bonchev–Trinajstić information content (AvgIpc) is 2.43. The Balaban J connectivity index is 4.80. The zero-order valence-electron chi connectivity index (χ0n) is 13.4. The van der Waals surface area contributed by atoms with Crippen molar-refractivity contribution in [1.29, 1.82) is 0 Å². The summed E-state index contributed by atoms with van der Waals surface area (Å²) in [4.78, 5) is 23.2. The van der Waals surface area contributed by atoms with Crippen molar-refractivity contribution in [3.05, 3.63) is 24.3 Å². The van der Waals surface area contributed by atoms with E-state index in [2.05, 4.69) is 13.2 Å². The molecule has 0 unspecified atom stereocenters. The molecule has 0 aliphatic rings. The lowest BCUT2D eigenvalue weighted by atomic mass is 10.3. The third kappa shape index (κ3) is 7.21. The summed E-state index contributed by atoms with van der Waals surface area (Å²) in [5.74, 6) is -1.24. The summed E-state index contributed by atoms with van der Waals surface area (Å²) in [5, 5.41) is 0. The van der Waals surface area contributed by atoms with Crippen LogP contribution in [-0.4, -0.2) is 41.0 Å². The summed E-state index contributed by atoms with van der Waals surface area (Å²) in [5.41, 5.74) is 0.453. The number of rotatable bonds is 9. The Kier molecular flexibility index (Phi) is 8.16. The van der Waals surface area contributed by atoms with Gasteiger partial charge in [-0.25, -0.2) is 9.59 Å². The van der Waals surface area contributed by atoms with E-state index in [9.17, 15) is 9.59 Å². The molecule has 0 rings (SSSR count). The van der Waals surface area contributed by atoms with Gasteiger partial charge in [-0.3, -0.25) is 0 Å². The van der Waals surface area contributed by atoms with Gasteiger partial charge in [-0.05, 0) is 26.4 Å². The van der Waals surface area contributed by atoms with Crippen LogP contribution in [0.3, 0.4) is 0 Å². The standard InChI is InChI=1S/C14H24O6Si/c1-10(2)13(15)19-12(20-14(16)11(3)4)8-9-21(7,17-5)18-6/h12H,1,3,8-9H2,2,4-7H3. The summed E-state index contributed by atoms with van der Waals surface area (Å²) in [6.07, 6.45) is -0.738. The molecule has 120 valence electrons. The van der Waals surface area contributed by atoms with Crippen molar-refractivity contribution in [2.24, 2.45) is 0 Å². The topological polar surface area (TPSA) is 71.1 Å². The molecule has 21 heavy (non-hydrogen) atoms. The Bertz CT molecular complexity index is 386. The zero-order valence-corrected chi connectivity index (χ0v) is 14.4. The number of ether oxygens (including phenoxy) is 2. The molecule has 0 heterocycles. The van der Waals surface area contributed by atoms with Crippen LogP contribution in [0.2, 0.25) is 12.6 Å². The van der Waals surface area contributed by atoms with Gasteiger partial charge in [0.25, 0.3) is 0 Å². The second kappa shape index (κ2) is 8.76. The van der Waals surface area contributed by atoms with Crippen LogP contribution in [0.1, 0.15) is 20.3 Å². The van der Waals surface area contributed by atoms with E-state index in [1.807, 2.05) is 6.55 Å². The van der Waals surface area contributed by atoms with Gasteiger partial charge in [0.1, 0.15) is 0 Å². The number of carbonyl (C=O) groups excluding carboxylic acids is 2. The molecule has 0 radical (unpaired) electrons. The molecule has 0 amide bonds. The Labute approximate surface area is 127 Å². The predicted octanol–water partition coefficient (Wildman–Crippen LogP) is 2.31. The summed E-state index contributed by atoms with van der Waals surface area (Å²) in [6.45, 7) is 11.9.